The van der Waals surface area contributed by atoms with Crippen LogP contribution in [0, 0.1) is 17.6 Å². The van der Waals surface area contributed by atoms with Crippen LogP contribution in [-0.4, -0.2) is 29.8 Å². The third kappa shape index (κ3) is 4.98. The van der Waals surface area contributed by atoms with Crippen LogP contribution in [0.15, 0.2) is 18.2 Å². The minimum Gasteiger partial charge on any atom is -0.386 e. The number of benzene rings is 1. The second-order valence-corrected chi connectivity index (χ2v) is 6.57. The number of hydrogen-bond acceptors (Lipinski definition) is 3. The topological polar surface area (TPSA) is 58.6 Å². The Morgan fingerprint density at radius 3 is 2.67 bits per heavy atom. The summed E-state index contributed by atoms with van der Waals surface area (Å²) in [4.78, 5) is 12.1. The third-order valence-corrected chi connectivity index (χ3v) is 4.46. The van der Waals surface area contributed by atoms with Crippen molar-refractivity contribution in [3.05, 3.63) is 35.4 Å². The fourth-order valence-electron chi connectivity index (χ4n) is 3.12. The molecule has 0 bridgehead atoms. The Hall–Kier alpha value is -1.53. The zero-order chi connectivity index (χ0) is 17.7. The van der Waals surface area contributed by atoms with Gasteiger partial charge in [-0.2, -0.15) is 0 Å². The van der Waals surface area contributed by atoms with Crippen LogP contribution >= 0.6 is 0 Å². The van der Waals surface area contributed by atoms with Gasteiger partial charge in [-0.25, -0.2) is 8.78 Å². The molecule has 4 atom stereocenters. The van der Waals surface area contributed by atoms with Gasteiger partial charge in [0.15, 0.2) is 0 Å². The van der Waals surface area contributed by atoms with Crippen LogP contribution in [0.25, 0.3) is 0 Å². The lowest BCUT2D eigenvalue weighted by molar-refractivity contribution is -0.137. The maximum absolute atomic E-state index is 13.6. The number of halogens is 2. The van der Waals surface area contributed by atoms with Gasteiger partial charge in [0.05, 0.1) is 11.7 Å². The molecule has 0 spiro atoms. The van der Waals surface area contributed by atoms with Crippen LogP contribution in [0.5, 0.6) is 0 Å². The van der Waals surface area contributed by atoms with Crippen molar-refractivity contribution in [3.63, 3.8) is 0 Å². The zero-order valence-corrected chi connectivity index (χ0v) is 14.1. The molecule has 0 aromatic heterocycles. The van der Waals surface area contributed by atoms with E-state index in [1.54, 1.807) is 6.92 Å². The number of amides is 1. The first kappa shape index (κ1) is 18.8. The monoisotopic (exact) mass is 341 g/mol. The number of ether oxygens (including phenoxy) is 1. The van der Waals surface area contributed by atoms with Crippen molar-refractivity contribution in [1.82, 2.24) is 5.32 Å². The largest absolute Gasteiger partial charge is 0.386 e. The highest BCUT2D eigenvalue weighted by Gasteiger charge is 2.25. The van der Waals surface area contributed by atoms with Crippen molar-refractivity contribution in [1.29, 1.82) is 0 Å². The highest BCUT2D eigenvalue weighted by Crippen LogP contribution is 2.26. The predicted molar refractivity (Wildman–Crippen MR) is 86.3 cm³/mol. The molecule has 1 aliphatic rings. The molecule has 6 heteroatoms. The number of nitrogens with one attached hydrogen (secondary N) is 1. The van der Waals surface area contributed by atoms with E-state index >= 15 is 0 Å². The molecule has 4 unspecified atom stereocenters. The molecule has 1 fully saturated rings. The van der Waals surface area contributed by atoms with Crippen molar-refractivity contribution in [2.45, 2.75) is 57.8 Å². The summed E-state index contributed by atoms with van der Waals surface area (Å²) in [6.07, 6.45) is 2.08. The Balaban J connectivity index is 1.83. The standard InChI is InChI=1S/C18H25F2NO3/c1-11-5-3-6-13(9-11)24-12(2)18(23)21-10-16(22)17-14(19)7-4-8-15(17)20/h4,7-8,11-13,16,22H,3,5-6,9-10H2,1-2H3,(H,21,23). The molecule has 24 heavy (non-hydrogen) atoms. The minimum atomic E-state index is -1.45. The van der Waals surface area contributed by atoms with E-state index < -0.39 is 35.3 Å². The number of carbonyl (C=O) groups is 1. The lowest BCUT2D eigenvalue weighted by Gasteiger charge is -2.29. The molecular formula is C18H25F2NO3. The Morgan fingerprint density at radius 1 is 1.38 bits per heavy atom. The summed E-state index contributed by atoms with van der Waals surface area (Å²) >= 11 is 0. The van der Waals surface area contributed by atoms with Gasteiger partial charge in [-0.05, 0) is 37.8 Å². The SMILES string of the molecule is CC1CCCC(OC(C)C(=O)NCC(O)c2c(F)cccc2F)C1. The Bertz CT molecular complexity index is 547. The number of aliphatic hydroxyl groups is 1. The van der Waals surface area contributed by atoms with Gasteiger partial charge in [-0.3, -0.25) is 4.79 Å². The van der Waals surface area contributed by atoms with Gasteiger partial charge in [0, 0.05) is 6.54 Å². The van der Waals surface area contributed by atoms with E-state index in [-0.39, 0.29) is 12.6 Å². The maximum Gasteiger partial charge on any atom is 0.248 e. The Kier molecular flexibility index (Phi) is 6.69. The van der Waals surface area contributed by atoms with Crippen molar-refractivity contribution in [2.75, 3.05) is 6.54 Å². The molecule has 2 rings (SSSR count). The van der Waals surface area contributed by atoms with Crippen molar-refractivity contribution >= 4 is 5.91 Å². The number of aliphatic hydroxyl groups excluding tert-OH is 1. The van der Waals surface area contributed by atoms with E-state index in [1.807, 2.05) is 0 Å². The molecule has 0 saturated heterocycles. The molecule has 0 aliphatic heterocycles. The Labute approximate surface area is 141 Å². The first-order valence-corrected chi connectivity index (χ1v) is 8.43. The van der Waals surface area contributed by atoms with Gasteiger partial charge in [0.2, 0.25) is 5.91 Å². The molecule has 1 aromatic rings. The van der Waals surface area contributed by atoms with Gasteiger partial charge in [-0.1, -0.05) is 25.8 Å². The fraction of sp³-hybridized carbons (Fsp3) is 0.611. The molecule has 1 aromatic carbocycles. The van der Waals surface area contributed by atoms with Crippen LogP contribution in [0.2, 0.25) is 0 Å². The van der Waals surface area contributed by atoms with E-state index in [0.717, 1.165) is 31.4 Å². The molecule has 1 amide bonds. The predicted octanol–water partition coefficient (Wildman–Crippen LogP) is 3.10. The highest BCUT2D eigenvalue weighted by molar-refractivity contribution is 5.80. The normalized spacial score (nSPS) is 23.5. The van der Waals surface area contributed by atoms with Gasteiger partial charge in [0.1, 0.15) is 23.8 Å². The summed E-state index contributed by atoms with van der Waals surface area (Å²) in [7, 11) is 0. The molecule has 1 saturated carbocycles. The summed E-state index contributed by atoms with van der Waals surface area (Å²) in [5.74, 6) is -1.48. The van der Waals surface area contributed by atoms with E-state index in [1.165, 1.54) is 12.5 Å². The maximum atomic E-state index is 13.6. The second-order valence-electron chi connectivity index (χ2n) is 6.57. The van der Waals surface area contributed by atoms with Gasteiger partial charge < -0.3 is 15.2 Å². The van der Waals surface area contributed by atoms with Gasteiger partial charge in [0.25, 0.3) is 0 Å². The second kappa shape index (κ2) is 8.53. The summed E-state index contributed by atoms with van der Waals surface area (Å²) < 4.78 is 33.0. The Morgan fingerprint density at radius 2 is 2.04 bits per heavy atom. The van der Waals surface area contributed by atoms with Crippen molar-refractivity contribution in [2.24, 2.45) is 5.92 Å². The first-order chi connectivity index (χ1) is 11.4. The first-order valence-electron chi connectivity index (χ1n) is 8.43. The quantitative estimate of drug-likeness (QED) is 0.836. The summed E-state index contributed by atoms with van der Waals surface area (Å²) in [5.41, 5.74) is -0.438. The van der Waals surface area contributed by atoms with E-state index in [4.69, 9.17) is 4.74 Å². The molecule has 4 nitrogen and oxygen atoms in total. The average Bonchev–Trinajstić information content (AvgIpc) is 2.52. The molecule has 1 aliphatic carbocycles. The molecule has 0 heterocycles. The van der Waals surface area contributed by atoms with Gasteiger partial charge in [-0.15, -0.1) is 0 Å². The minimum absolute atomic E-state index is 0.0587. The van der Waals surface area contributed by atoms with Crippen LogP contribution in [0.4, 0.5) is 8.78 Å². The zero-order valence-electron chi connectivity index (χ0n) is 14.1. The number of carbonyl (C=O) groups excluding carboxylic acids is 1. The molecular weight excluding hydrogens is 316 g/mol. The third-order valence-electron chi connectivity index (χ3n) is 4.46. The molecule has 2 N–H and O–H groups in total. The van der Waals surface area contributed by atoms with E-state index in [9.17, 15) is 18.7 Å². The van der Waals surface area contributed by atoms with E-state index in [2.05, 4.69) is 12.2 Å². The van der Waals surface area contributed by atoms with Crippen molar-refractivity contribution < 1.29 is 23.4 Å². The van der Waals surface area contributed by atoms with Crippen LogP contribution < -0.4 is 5.32 Å². The highest BCUT2D eigenvalue weighted by atomic mass is 19.1. The van der Waals surface area contributed by atoms with E-state index in [0.29, 0.717) is 5.92 Å². The molecule has 134 valence electrons. The fourth-order valence-corrected chi connectivity index (χ4v) is 3.12. The summed E-state index contributed by atoms with van der Waals surface area (Å²) in [5, 5.41) is 12.4. The van der Waals surface area contributed by atoms with Crippen LogP contribution in [0.3, 0.4) is 0 Å². The average molecular weight is 341 g/mol. The summed E-state index contributed by atoms with van der Waals surface area (Å²) in [6, 6.07) is 3.36. The van der Waals surface area contributed by atoms with Gasteiger partial charge >= 0.3 is 0 Å². The van der Waals surface area contributed by atoms with Crippen LogP contribution in [-0.2, 0) is 9.53 Å². The van der Waals surface area contributed by atoms with Crippen LogP contribution in [0.1, 0.15) is 51.2 Å². The van der Waals surface area contributed by atoms with Crippen molar-refractivity contribution in [3.8, 4) is 0 Å². The lowest BCUT2D eigenvalue weighted by Crippen LogP contribution is -2.39. The smallest absolute Gasteiger partial charge is 0.248 e. The lowest BCUT2D eigenvalue weighted by atomic mass is 9.88. The number of rotatable bonds is 6. The number of hydrogen-bond donors (Lipinski definition) is 2. The molecule has 0 radical (unpaired) electrons. The summed E-state index contributed by atoms with van der Waals surface area (Å²) in [6.45, 7) is 3.54.